The second kappa shape index (κ2) is 7.43. The van der Waals surface area contributed by atoms with Gasteiger partial charge in [-0.15, -0.1) is 0 Å². The van der Waals surface area contributed by atoms with Crippen LogP contribution in [0.1, 0.15) is 30.9 Å². The maximum Gasteiger partial charge on any atom is 0.302 e. The van der Waals surface area contributed by atoms with Crippen molar-refractivity contribution in [3.05, 3.63) is 37.4 Å². The topological polar surface area (TPSA) is 139 Å². The molecule has 10 heteroatoms. The van der Waals surface area contributed by atoms with E-state index in [0.717, 1.165) is 0 Å². The first-order valence-corrected chi connectivity index (χ1v) is 7.84. The summed E-state index contributed by atoms with van der Waals surface area (Å²) in [5.41, 5.74) is -0.395. The van der Waals surface area contributed by atoms with Gasteiger partial charge in [0.05, 0.1) is 16.5 Å². The maximum atomic E-state index is 11.6. The fourth-order valence-electron chi connectivity index (χ4n) is 3.17. The number of rotatable bonds is 5. The largest absolute Gasteiger partial charge is 0.392 e. The Balaban J connectivity index is 2.46. The number of hydrogen-bond donors (Lipinski definition) is 2. The molecule has 0 aromatic heterocycles. The Bertz CT molecular complexity index is 712. The number of nitro benzene ring substituents is 2. The van der Waals surface area contributed by atoms with E-state index in [-0.39, 0.29) is 40.1 Å². The van der Waals surface area contributed by atoms with Crippen LogP contribution < -0.4 is 10.2 Å². The molecule has 2 N–H and O–H groups in total. The van der Waals surface area contributed by atoms with Gasteiger partial charge in [-0.25, -0.2) is 0 Å². The molecule has 0 bridgehead atoms. The normalized spacial score (nSPS) is 15.1. The number of piperidine rings is 1. The van der Waals surface area contributed by atoms with Crippen molar-refractivity contribution < 1.29 is 19.7 Å². The fraction of sp³-hybridized carbons (Fsp3) is 0.533. The molecule has 136 valence electrons. The lowest BCUT2D eigenvalue weighted by atomic mass is 9.99. The van der Waals surface area contributed by atoms with Crippen molar-refractivity contribution in [3.63, 3.8) is 0 Å². The molecule has 1 fully saturated rings. The van der Waals surface area contributed by atoms with Crippen LogP contribution in [-0.4, -0.2) is 40.0 Å². The van der Waals surface area contributed by atoms with Gasteiger partial charge in [-0.2, -0.15) is 0 Å². The zero-order valence-electron chi connectivity index (χ0n) is 14.0. The van der Waals surface area contributed by atoms with E-state index in [2.05, 4.69) is 5.32 Å². The number of nitro groups is 2. The zero-order chi connectivity index (χ0) is 18.7. The highest BCUT2D eigenvalue weighted by molar-refractivity contribution is 5.79. The summed E-state index contributed by atoms with van der Waals surface area (Å²) in [7, 11) is 0. The molecule has 1 saturated heterocycles. The third-order valence-electron chi connectivity index (χ3n) is 4.38. The number of benzene rings is 1. The van der Waals surface area contributed by atoms with Crippen molar-refractivity contribution in [1.29, 1.82) is 0 Å². The van der Waals surface area contributed by atoms with Crippen molar-refractivity contribution in [2.75, 3.05) is 18.0 Å². The maximum absolute atomic E-state index is 11.6. The lowest BCUT2D eigenvalue weighted by Crippen LogP contribution is -2.44. The Kier molecular flexibility index (Phi) is 5.52. The van der Waals surface area contributed by atoms with Crippen LogP contribution in [-0.2, 0) is 11.4 Å². The van der Waals surface area contributed by atoms with Crippen LogP contribution in [0.3, 0.4) is 0 Å². The molecule has 25 heavy (non-hydrogen) atoms. The molecule has 0 radical (unpaired) electrons. The second-order valence-electron chi connectivity index (χ2n) is 6.01. The molecule has 0 atom stereocenters. The summed E-state index contributed by atoms with van der Waals surface area (Å²) in [5.74, 6) is -0.154. The van der Waals surface area contributed by atoms with Gasteiger partial charge >= 0.3 is 5.69 Å². The first-order valence-electron chi connectivity index (χ1n) is 7.84. The Morgan fingerprint density at radius 2 is 1.92 bits per heavy atom. The predicted octanol–water partition coefficient (Wildman–Crippen LogP) is 1.41. The number of carbonyl (C=O) groups excluding carboxylic acids is 1. The molecule has 1 aliphatic heterocycles. The summed E-state index contributed by atoms with van der Waals surface area (Å²) in [5, 5.41) is 35.1. The molecule has 2 rings (SSSR count). The predicted molar refractivity (Wildman–Crippen MR) is 89.5 cm³/mol. The van der Waals surface area contributed by atoms with Crippen LogP contribution in [0.15, 0.2) is 6.07 Å². The lowest BCUT2D eigenvalue weighted by Gasteiger charge is -2.33. The second-order valence-corrected chi connectivity index (χ2v) is 6.01. The SMILES string of the molecule is CC(=O)NC1CCN(c2c([N+](=O)[O-])cc(CO)c(C)c2[N+](=O)[O-])CC1. The molecule has 0 unspecified atom stereocenters. The van der Waals surface area contributed by atoms with Gasteiger partial charge < -0.3 is 15.3 Å². The van der Waals surface area contributed by atoms with Crippen LogP contribution in [0.4, 0.5) is 17.1 Å². The average molecular weight is 352 g/mol. The molecule has 10 nitrogen and oxygen atoms in total. The summed E-state index contributed by atoms with van der Waals surface area (Å²) in [6.45, 7) is 3.08. The number of hydrogen-bond acceptors (Lipinski definition) is 7. The molecule has 1 amide bonds. The van der Waals surface area contributed by atoms with Gasteiger partial charge in [0.2, 0.25) is 5.91 Å². The third-order valence-corrected chi connectivity index (χ3v) is 4.38. The Labute approximate surface area is 143 Å². The van der Waals surface area contributed by atoms with Crippen molar-refractivity contribution >= 4 is 23.0 Å². The summed E-state index contributed by atoms with van der Waals surface area (Å²) in [6, 6.07) is 1.14. The van der Waals surface area contributed by atoms with Crippen LogP contribution in [0.25, 0.3) is 0 Å². The highest BCUT2D eigenvalue weighted by atomic mass is 16.6. The van der Waals surface area contributed by atoms with Crippen molar-refractivity contribution in [3.8, 4) is 0 Å². The molecular formula is C15H20N4O6. The Morgan fingerprint density at radius 1 is 1.32 bits per heavy atom. The highest BCUT2D eigenvalue weighted by Crippen LogP contribution is 2.42. The average Bonchev–Trinajstić information content (AvgIpc) is 2.54. The van der Waals surface area contributed by atoms with Gasteiger partial charge in [0.1, 0.15) is 0 Å². The zero-order valence-corrected chi connectivity index (χ0v) is 14.0. The molecule has 1 aromatic carbocycles. The number of nitrogens with zero attached hydrogens (tertiary/aromatic N) is 3. The lowest BCUT2D eigenvalue weighted by molar-refractivity contribution is -0.393. The van der Waals surface area contributed by atoms with Crippen molar-refractivity contribution in [2.45, 2.75) is 39.3 Å². The number of anilines is 1. The monoisotopic (exact) mass is 352 g/mol. The van der Waals surface area contributed by atoms with Crippen LogP contribution >= 0.6 is 0 Å². The highest BCUT2D eigenvalue weighted by Gasteiger charge is 2.35. The first kappa shape index (κ1) is 18.6. The quantitative estimate of drug-likeness (QED) is 0.603. The van der Waals surface area contributed by atoms with E-state index in [4.69, 9.17) is 0 Å². The molecule has 1 aromatic rings. The van der Waals surface area contributed by atoms with Gasteiger partial charge in [-0.3, -0.25) is 25.0 Å². The minimum atomic E-state index is -0.666. The summed E-state index contributed by atoms with van der Waals surface area (Å²) < 4.78 is 0. The van der Waals surface area contributed by atoms with Crippen LogP contribution in [0, 0.1) is 27.2 Å². The van der Waals surface area contributed by atoms with Gasteiger partial charge in [0.15, 0.2) is 5.69 Å². The first-order chi connectivity index (χ1) is 11.8. The van der Waals surface area contributed by atoms with Crippen LogP contribution in [0.5, 0.6) is 0 Å². The summed E-state index contributed by atoms with van der Waals surface area (Å²) in [6.07, 6.45) is 1.07. The molecule has 1 aliphatic rings. The number of aliphatic hydroxyl groups excluding tert-OH is 1. The van der Waals surface area contributed by atoms with Gasteiger partial charge in [-0.05, 0) is 25.3 Å². The number of aliphatic hydroxyl groups is 1. The Hall–Kier alpha value is -2.75. The smallest absolute Gasteiger partial charge is 0.302 e. The molecule has 0 spiro atoms. The number of amides is 1. The van der Waals surface area contributed by atoms with E-state index in [9.17, 15) is 30.1 Å². The molecule has 1 heterocycles. The van der Waals surface area contributed by atoms with E-state index in [1.165, 1.54) is 19.9 Å². The molecular weight excluding hydrogens is 332 g/mol. The van der Waals surface area contributed by atoms with Crippen LogP contribution in [0.2, 0.25) is 0 Å². The molecule has 0 saturated carbocycles. The minimum Gasteiger partial charge on any atom is -0.392 e. The number of carbonyl (C=O) groups is 1. The third kappa shape index (κ3) is 3.85. The molecule has 0 aliphatic carbocycles. The standard InChI is InChI=1S/C15H20N4O6/c1-9-11(8-20)7-13(18(22)23)15(14(9)19(24)25)17-5-3-12(4-6-17)16-10(2)21/h7,12,20H,3-6,8H2,1-2H3,(H,16,21). The van der Waals surface area contributed by atoms with Gasteiger partial charge in [0.25, 0.3) is 5.69 Å². The van der Waals surface area contributed by atoms with Crippen molar-refractivity contribution in [1.82, 2.24) is 5.32 Å². The fourth-order valence-corrected chi connectivity index (χ4v) is 3.17. The van der Waals surface area contributed by atoms with E-state index in [1.807, 2.05) is 0 Å². The van der Waals surface area contributed by atoms with Gasteiger partial charge in [-0.1, -0.05) is 0 Å². The van der Waals surface area contributed by atoms with Crippen molar-refractivity contribution in [2.24, 2.45) is 0 Å². The summed E-state index contributed by atoms with van der Waals surface area (Å²) >= 11 is 0. The van der Waals surface area contributed by atoms with E-state index in [0.29, 0.717) is 25.9 Å². The van der Waals surface area contributed by atoms with E-state index in [1.54, 1.807) is 4.90 Å². The Morgan fingerprint density at radius 3 is 2.36 bits per heavy atom. The minimum absolute atomic E-state index is 0.0361. The van der Waals surface area contributed by atoms with E-state index < -0.39 is 16.5 Å². The van der Waals surface area contributed by atoms with Gasteiger partial charge in [0, 0.05) is 37.7 Å². The van der Waals surface area contributed by atoms with E-state index >= 15 is 0 Å². The number of nitrogens with one attached hydrogen (secondary N) is 1. The summed E-state index contributed by atoms with van der Waals surface area (Å²) in [4.78, 5) is 34.4.